The van der Waals surface area contributed by atoms with Crippen LogP contribution in [0.2, 0.25) is 0 Å². The van der Waals surface area contributed by atoms with Crippen molar-refractivity contribution in [2.75, 3.05) is 25.1 Å². The highest BCUT2D eigenvalue weighted by molar-refractivity contribution is 5.82. The molecule has 27 heavy (non-hydrogen) atoms. The molecule has 1 saturated heterocycles. The quantitative estimate of drug-likeness (QED) is 0.761. The van der Waals surface area contributed by atoms with Crippen LogP contribution in [0.3, 0.4) is 0 Å². The minimum Gasteiger partial charge on any atom is -0.495 e. The summed E-state index contributed by atoms with van der Waals surface area (Å²) in [5.41, 5.74) is 4.71. The molecule has 1 aliphatic heterocycles. The zero-order chi connectivity index (χ0) is 20.1. The normalized spacial score (nSPS) is 16.3. The van der Waals surface area contributed by atoms with Crippen LogP contribution in [0.5, 0.6) is 5.75 Å². The van der Waals surface area contributed by atoms with Crippen molar-refractivity contribution in [2.45, 2.75) is 45.1 Å². The number of nitrogens with zero attached hydrogens (tertiary/aromatic N) is 2. The van der Waals surface area contributed by atoms with Gasteiger partial charge in [0.15, 0.2) is 0 Å². The molecule has 0 bridgehead atoms. The van der Waals surface area contributed by atoms with E-state index in [1.165, 1.54) is 0 Å². The molecule has 3 N–H and O–H groups in total. The van der Waals surface area contributed by atoms with Crippen LogP contribution in [0.1, 0.15) is 39.5 Å². The van der Waals surface area contributed by atoms with Gasteiger partial charge in [-0.1, -0.05) is 26.0 Å². The molecule has 1 heterocycles. The predicted molar refractivity (Wildman–Crippen MR) is 103 cm³/mol. The van der Waals surface area contributed by atoms with E-state index in [9.17, 15) is 14.9 Å². The maximum absolute atomic E-state index is 12.3. The third-order valence-electron chi connectivity index (χ3n) is 5.28. The van der Waals surface area contributed by atoms with Crippen LogP contribution in [-0.2, 0) is 9.59 Å². The number of hydrogen-bond donors (Lipinski definition) is 2. The van der Waals surface area contributed by atoms with Gasteiger partial charge in [-0.25, -0.2) is 0 Å². The van der Waals surface area contributed by atoms with Crippen LogP contribution < -0.4 is 20.7 Å². The predicted octanol–water partition coefficient (Wildman–Crippen LogP) is 1.97. The first kappa shape index (κ1) is 20.6. The number of primary amides is 1. The molecule has 7 heteroatoms. The van der Waals surface area contributed by atoms with Gasteiger partial charge in [-0.15, -0.1) is 0 Å². The molecule has 0 aliphatic carbocycles. The average Bonchev–Trinajstić information content (AvgIpc) is 2.67. The molecule has 0 unspecified atom stereocenters. The van der Waals surface area contributed by atoms with Crippen LogP contribution in [0.15, 0.2) is 24.3 Å². The lowest BCUT2D eigenvalue weighted by Gasteiger charge is -2.39. The molecule has 1 fully saturated rings. The summed E-state index contributed by atoms with van der Waals surface area (Å²) >= 11 is 0. The number of piperidine rings is 1. The number of methoxy groups -OCH3 is 1. The Labute approximate surface area is 160 Å². The van der Waals surface area contributed by atoms with Crippen molar-refractivity contribution in [1.82, 2.24) is 5.32 Å². The number of nitrogens with two attached hydrogens (primary N) is 1. The van der Waals surface area contributed by atoms with Crippen LogP contribution in [0, 0.1) is 16.7 Å². The van der Waals surface area contributed by atoms with Crippen molar-refractivity contribution in [1.29, 1.82) is 5.26 Å². The first-order valence-corrected chi connectivity index (χ1v) is 9.13. The number of nitriles is 1. The minimum absolute atomic E-state index is 0.162. The van der Waals surface area contributed by atoms with Gasteiger partial charge >= 0.3 is 0 Å². The number of ether oxygens (including phenoxy) is 1. The first-order valence-electron chi connectivity index (χ1n) is 9.13. The van der Waals surface area contributed by atoms with Crippen molar-refractivity contribution >= 4 is 17.5 Å². The number of para-hydroxylation sites is 2. The Hall–Kier alpha value is -2.75. The number of carbonyl (C=O) groups is 2. The fourth-order valence-corrected chi connectivity index (χ4v) is 3.16. The Bertz CT molecular complexity index is 731. The molecular weight excluding hydrogens is 344 g/mol. The van der Waals surface area contributed by atoms with Gasteiger partial charge < -0.3 is 20.7 Å². The van der Waals surface area contributed by atoms with E-state index in [1.54, 1.807) is 21.0 Å². The topological polar surface area (TPSA) is 108 Å². The number of anilines is 1. The third-order valence-corrected chi connectivity index (χ3v) is 5.28. The molecule has 2 rings (SSSR count). The van der Waals surface area contributed by atoms with Gasteiger partial charge in [-0.3, -0.25) is 9.59 Å². The molecule has 1 aromatic carbocycles. The van der Waals surface area contributed by atoms with E-state index in [2.05, 4.69) is 16.3 Å². The smallest absolute Gasteiger partial charge is 0.223 e. The van der Waals surface area contributed by atoms with Crippen LogP contribution >= 0.6 is 0 Å². The molecule has 7 nitrogen and oxygen atoms in total. The fraction of sp³-hybridized carbons (Fsp3) is 0.550. The molecule has 0 atom stereocenters. The third kappa shape index (κ3) is 4.91. The zero-order valence-electron chi connectivity index (χ0n) is 16.2. The van der Waals surface area contributed by atoms with E-state index in [0.29, 0.717) is 32.4 Å². The van der Waals surface area contributed by atoms with Crippen molar-refractivity contribution in [3.05, 3.63) is 24.3 Å². The second-order valence-corrected chi connectivity index (χ2v) is 7.65. The zero-order valence-corrected chi connectivity index (χ0v) is 16.2. The highest BCUT2D eigenvalue weighted by Gasteiger charge is 2.37. The Morgan fingerprint density at radius 1 is 1.33 bits per heavy atom. The number of amides is 2. The molecule has 0 aromatic heterocycles. The Morgan fingerprint density at radius 2 is 1.96 bits per heavy atom. The molecule has 0 spiro atoms. The monoisotopic (exact) mass is 372 g/mol. The SMILES string of the molecule is COc1ccccc1N1CCC(C#N)(NC(=O)CCC(C)(C)C(N)=O)CC1. The summed E-state index contributed by atoms with van der Waals surface area (Å²) in [7, 11) is 1.64. The Morgan fingerprint density at radius 3 is 2.52 bits per heavy atom. The lowest BCUT2D eigenvalue weighted by Crippen LogP contribution is -2.54. The number of nitrogens with one attached hydrogen (secondary N) is 1. The van der Waals surface area contributed by atoms with Crippen molar-refractivity contribution in [2.24, 2.45) is 11.1 Å². The second kappa shape index (κ2) is 8.30. The van der Waals surface area contributed by atoms with E-state index in [-0.39, 0.29) is 12.3 Å². The van der Waals surface area contributed by atoms with Gasteiger partial charge in [0.2, 0.25) is 11.8 Å². The lowest BCUT2D eigenvalue weighted by molar-refractivity contribution is -0.127. The Kier molecular flexibility index (Phi) is 6.32. The molecular formula is C20H28N4O3. The van der Waals surface area contributed by atoms with Crippen molar-refractivity contribution < 1.29 is 14.3 Å². The first-order chi connectivity index (χ1) is 12.7. The van der Waals surface area contributed by atoms with E-state index in [0.717, 1.165) is 11.4 Å². The number of hydrogen-bond acceptors (Lipinski definition) is 5. The minimum atomic E-state index is -0.882. The van der Waals surface area contributed by atoms with E-state index < -0.39 is 16.9 Å². The lowest BCUT2D eigenvalue weighted by atomic mass is 9.85. The number of rotatable bonds is 7. The second-order valence-electron chi connectivity index (χ2n) is 7.65. The van der Waals surface area contributed by atoms with Crippen LogP contribution in [0.4, 0.5) is 5.69 Å². The molecule has 2 amide bonds. The van der Waals surface area contributed by atoms with E-state index in [4.69, 9.17) is 10.5 Å². The molecule has 0 radical (unpaired) electrons. The van der Waals surface area contributed by atoms with Crippen LogP contribution in [0.25, 0.3) is 0 Å². The maximum atomic E-state index is 12.3. The van der Waals surface area contributed by atoms with Crippen molar-refractivity contribution in [3.8, 4) is 11.8 Å². The van der Waals surface area contributed by atoms with E-state index in [1.807, 2.05) is 24.3 Å². The standard InChI is InChI=1S/C20H28N4O3/c1-19(2,18(22)26)9-8-17(25)23-20(14-21)10-12-24(13-11-20)15-6-4-5-7-16(15)27-3/h4-7H,8-13H2,1-3H3,(H2,22,26)(H,23,25). The molecule has 0 saturated carbocycles. The Balaban J connectivity index is 1.97. The van der Waals surface area contributed by atoms with Gasteiger partial charge in [-0.05, 0) is 18.6 Å². The summed E-state index contributed by atoms with van der Waals surface area (Å²) in [6.07, 6.45) is 1.55. The van der Waals surface area contributed by atoms with Crippen molar-refractivity contribution in [3.63, 3.8) is 0 Å². The largest absolute Gasteiger partial charge is 0.495 e. The summed E-state index contributed by atoms with van der Waals surface area (Å²) in [6, 6.07) is 10.0. The number of benzene rings is 1. The fourth-order valence-electron chi connectivity index (χ4n) is 3.16. The van der Waals surface area contributed by atoms with Gasteiger partial charge in [0.1, 0.15) is 11.3 Å². The van der Waals surface area contributed by atoms with Gasteiger partial charge in [-0.2, -0.15) is 5.26 Å². The van der Waals surface area contributed by atoms with E-state index >= 15 is 0 Å². The molecule has 146 valence electrons. The highest BCUT2D eigenvalue weighted by Crippen LogP contribution is 2.32. The number of carbonyl (C=O) groups excluding carboxylic acids is 2. The van der Waals surface area contributed by atoms with Gasteiger partial charge in [0, 0.05) is 37.8 Å². The average molecular weight is 372 g/mol. The highest BCUT2D eigenvalue weighted by atomic mass is 16.5. The summed E-state index contributed by atoms with van der Waals surface area (Å²) in [6.45, 7) is 4.71. The summed E-state index contributed by atoms with van der Waals surface area (Å²) < 4.78 is 5.41. The molecule has 1 aromatic rings. The maximum Gasteiger partial charge on any atom is 0.223 e. The summed E-state index contributed by atoms with van der Waals surface area (Å²) in [4.78, 5) is 25.9. The van der Waals surface area contributed by atoms with Gasteiger partial charge in [0.05, 0.1) is 18.9 Å². The summed E-state index contributed by atoms with van der Waals surface area (Å²) in [5, 5.41) is 12.6. The van der Waals surface area contributed by atoms with Crippen LogP contribution in [-0.4, -0.2) is 37.6 Å². The van der Waals surface area contributed by atoms with Gasteiger partial charge in [0.25, 0.3) is 0 Å². The summed E-state index contributed by atoms with van der Waals surface area (Å²) in [5.74, 6) is 0.131. The molecule has 1 aliphatic rings.